The molecule has 146 valence electrons. The minimum atomic E-state index is -0.261. The van der Waals surface area contributed by atoms with Gasteiger partial charge in [0, 0.05) is 34.6 Å². The van der Waals surface area contributed by atoms with Gasteiger partial charge in [-0.1, -0.05) is 0 Å². The second-order valence-corrected chi connectivity index (χ2v) is 7.31. The zero-order valence-corrected chi connectivity index (χ0v) is 15.8. The van der Waals surface area contributed by atoms with Crippen LogP contribution in [0.2, 0.25) is 0 Å². The van der Waals surface area contributed by atoms with E-state index in [1.54, 1.807) is 30.5 Å². The number of aryl methyl sites for hydroxylation is 2. The summed E-state index contributed by atoms with van der Waals surface area (Å²) in [5, 5.41) is 5.24. The number of furan rings is 1. The van der Waals surface area contributed by atoms with Crippen LogP contribution in [0.4, 0.5) is 5.69 Å². The fraction of sp³-hybridized carbons (Fsp3) is 0.217. The fourth-order valence-electron chi connectivity index (χ4n) is 3.95. The van der Waals surface area contributed by atoms with Crippen LogP contribution in [0.3, 0.4) is 0 Å². The summed E-state index contributed by atoms with van der Waals surface area (Å²) in [5.41, 5.74) is 2.61. The van der Waals surface area contributed by atoms with Gasteiger partial charge in [0.15, 0.2) is 6.61 Å². The van der Waals surface area contributed by atoms with Crippen LogP contribution in [0.1, 0.15) is 24.2 Å². The van der Waals surface area contributed by atoms with Gasteiger partial charge in [0.1, 0.15) is 17.1 Å². The third-order valence-corrected chi connectivity index (χ3v) is 5.35. The Morgan fingerprint density at radius 2 is 1.97 bits per heavy atom. The molecular weight excluding hydrogens is 368 g/mol. The predicted molar refractivity (Wildman–Crippen MR) is 112 cm³/mol. The summed E-state index contributed by atoms with van der Waals surface area (Å²) in [5.74, 6) is 1.46. The first-order valence-corrected chi connectivity index (χ1v) is 9.76. The Kier molecular flexibility index (Phi) is 4.31. The Hall–Kier alpha value is -3.54. The van der Waals surface area contributed by atoms with Crippen molar-refractivity contribution in [2.75, 3.05) is 11.9 Å². The number of pyridine rings is 1. The summed E-state index contributed by atoms with van der Waals surface area (Å²) in [6.07, 6.45) is 5.94. The van der Waals surface area contributed by atoms with Crippen molar-refractivity contribution in [3.8, 4) is 5.75 Å². The van der Waals surface area contributed by atoms with Gasteiger partial charge in [-0.05, 0) is 67.1 Å². The molecule has 6 nitrogen and oxygen atoms in total. The highest BCUT2D eigenvalue weighted by Crippen LogP contribution is 2.33. The van der Waals surface area contributed by atoms with Gasteiger partial charge in [-0.3, -0.25) is 9.59 Å². The number of aromatic nitrogens is 1. The smallest absolute Gasteiger partial charge is 0.262 e. The molecule has 4 aromatic rings. The van der Waals surface area contributed by atoms with E-state index in [-0.39, 0.29) is 18.1 Å². The number of carbonyl (C=O) groups is 1. The molecule has 2 aromatic carbocycles. The highest BCUT2D eigenvalue weighted by Gasteiger charge is 2.18. The van der Waals surface area contributed by atoms with Crippen LogP contribution in [0.5, 0.6) is 5.75 Å². The molecule has 5 rings (SSSR count). The predicted octanol–water partition coefficient (Wildman–Crippen LogP) is 4.17. The summed E-state index contributed by atoms with van der Waals surface area (Å²) >= 11 is 0. The second kappa shape index (κ2) is 7.13. The van der Waals surface area contributed by atoms with Gasteiger partial charge in [-0.15, -0.1) is 0 Å². The maximum atomic E-state index is 12.3. The molecule has 0 spiro atoms. The summed E-state index contributed by atoms with van der Waals surface area (Å²) in [4.78, 5) is 26.7. The van der Waals surface area contributed by atoms with Crippen LogP contribution in [-0.2, 0) is 17.6 Å². The van der Waals surface area contributed by atoms with Crippen molar-refractivity contribution in [2.24, 2.45) is 0 Å². The molecule has 0 bridgehead atoms. The number of hydrogen-bond acceptors (Lipinski definition) is 4. The summed E-state index contributed by atoms with van der Waals surface area (Å²) in [7, 11) is 0. The van der Waals surface area contributed by atoms with Gasteiger partial charge < -0.3 is 19.5 Å². The molecule has 0 fully saturated rings. The monoisotopic (exact) mass is 388 g/mol. The maximum Gasteiger partial charge on any atom is 0.262 e. The molecule has 0 aliphatic heterocycles. The highest BCUT2D eigenvalue weighted by molar-refractivity contribution is 5.95. The molecule has 1 aliphatic rings. The lowest BCUT2D eigenvalue weighted by Crippen LogP contribution is -2.20. The summed E-state index contributed by atoms with van der Waals surface area (Å²) < 4.78 is 11.6. The van der Waals surface area contributed by atoms with E-state index in [9.17, 15) is 9.59 Å². The molecule has 1 amide bonds. The third-order valence-electron chi connectivity index (χ3n) is 5.35. The van der Waals surface area contributed by atoms with E-state index in [0.29, 0.717) is 16.8 Å². The number of H-pyrrole nitrogens is 1. The van der Waals surface area contributed by atoms with Gasteiger partial charge >= 0.3 is 0 Å². The van der Waals surface area contributed by atoms with Crippen molar-refractivity contribution >= 4 is 33.3 Å². The first kappa shape index (κ1) is 17.6. The largest absolute Gasteiger partial charge is 0.484 e. The number of aromatic amines is 1. The molecule has 0 saturated carbocycles. The van der Waals surface area contributed by atoms with E-state index in [1.165, 1.54) is 18.4 Å². The van der Waals surface area contributed by atoms with Crippen molar-refractivity contribution in [3.05, 3.63) is 70.3 Å². The molecule has 0 atom stereocenters. The van der Waals surface area contributed by atoms with Crippen LogP contribution < -0.4 is 15.6 Å². The average Bonchev–Trinajstić information content (AvgIpc) is 3.10. The number of rotatable bonds is 4. The van der Waals surface area contributed by atoms with Crippen molar-refractivity contribution < 1.29 is 13.9 Å². The lowest BCUT2D eigenvalue weighted by molar-refractivity contribution is -0.118. The Morgan fingerprint density at radius 1 is 1.07 bits per heavy atom. The zero-order chi connectivity index (χ0) is 19.8. The van der Waals surface area contributed by atoms with Crippen LogP contribution >= 0.6 is 0 Å². The van der Waals surface area contributed by atoms with Crippen LogP contribution in [0.15, 0.2) is 57.9 Å². The van der Waals surface area contributed by atoms with Crippen LogP contribution in [0, 0.1) is 0 Å². The number of benzene rings is 2. The SMILES string of the molecule is O=C(COc1ccc2oc3c(c2c1)CCCC3)Nc1ccc2c(=O)[nH]ccc2c1. The number of amides is 1. The topological polar surface area (TPSA) is 84.3 Å². The van der Waals surface area contributed by atoms with Gasteiger partial charge in [0.25, 0.3) is 11.5 Å². The number of anilines is 1. The van der Waals surface area contributed by atoms with Gasteiger partial charge in [0.2, 0.25) is 0 Å². The minimum absolute atomic E-state index is 0.0983. The lowest BCUT2D eigenvalue weighted by atomic mass is 9.96. The van der Waals surface area contributed by atoms with Gasteiger partial charge in [-0.25, -0.2) is 0 Å². The molecule has 2 N–H and O–H groups in total. The van der Waals surface area contributed by atoms with E-state index in [4.69, 9.17) is 9.15 Å². The fourth-order valence-corrected chi connectivity index (χ4v) is 3.95. The first-order valence-electron chi connectivity index (χ1n) is 9.76. The molecule has 0 unspecified atom stereocenters. The number of nitrogens with one attached hydrogen (secondary N) is 2. The normalized spacial score (nSPS) is 13.4. The van der Waals surface area contributed by atoms with E-state index in [2.05, 4.69) is 10.3 Å². The lowest BCUT2D eigenvalue weighted by Gasteiger charge is -2.10. The quantitative estimate of drug-likeness (QED) is 0.550. The van der Waals surface area contributed by atoms with E-state index in [1.807, 2.05) is 18.2 Å². The standard InChI is InChI=1S/C23H20N2O4/c26-22(25-15-5-7-17-14(11-15)9-10-24-23(17)27)13-28-16-6-8-21-19(12-16)18-3-1-2-4-20(18)29-21/h5-12H,1-4,13H2,(H,24,27)(H,25,26). The molecule has 0 saturated heterocycles. The number of hydrogen-bond donors (Lipinski definition) is 2. The highest BCUT2D eigenvalue weighted by atomic mass is 16.5. The van der Waals surface area contributed by atoms with Crippen molar-refractivity contribution in [3.63, 3.8) is 0 Å². The average molecular weight is 388 g/mol. The zero-order valence-electron chi connectivity index (χ0n) is 15.8. The second-order valence-electron chi connectivity index (χ2n) is 7.31. The summed E-state index contributed by atoms with van der Waals surface area (Å²) in [6, 6.07) is 12.7. The van der Waals surface area contributed by atoms with E-state index in [0.717, 1.165) is 35.0 Å². The molecule has 6 heteroatoms. The molecular formula is C23H20N2O4. The Labute approximate surface area is 166 Å². The van der Waals surface area contributed by atoms with Gasteiger partial charge in [0.05, 0.1) is 0 Å². The third kappa shape index (κ3) is 3.38. The Morgan fingerprint density at radius 3 is 2.90 bits per heavy atom. The number of ether oxygens (including phenoxy) is 1. The number of carbonyl (C=O) groups excluding carboxylic acids is 1. The van der Waals surface area contributed by atoms with Crippen LogP contribution in [0.25, 0.3) is 21.7 Å². The molecule has 0 radical (unpaired) electrons. The van der Waals surface area contributed by atoms with Crippen LogP contribution in [-0.4, -0.2) is 17.5 Å². The summed E-state index contributed by atoms with van der Waals surface area (Å²) in [6.45, 7) is -0.0983. The number of fused-ring (bicyclic) bond motifs is 4. The molecule has 29 heavy (non-hydrogen) atoms. The van der Waals surface area contributed by atoms with E-state index < -0.39 is 0 Å². The molecule has 1 aliphatic carbocycles. The maximum absolute atomic E-state index is 12.3. The minimum Gasteiger partial charge on any atom is -0.484 e. The van der Waals surface area contributed by atoms with Crippen molar-refractivity contribution in [2.45, 2.75) is 25.7 Å². The molecule has 2 aromatic heterocycles. The van der Waals surface area contributed by atoms with E-state index >= 15 is 0 Å². The molecule has 2 heterocycles. The first-order chi connectivity index (χ1) is 14.2. The Balaban J connectivity index is 1.28. The van der Waals surface area contributed by atoms with Gasteiger partial charge in [-0.2, -0.15) is 0 Å². The Bertz CT molecular complexity index is 1290. The van der Waals surface area contributed by atoms with Crippen molar-refractivity contribution in [1.29, 1.82) is 0 Å². The van der Waals surface area contributed by atoms with Crippen molar-refractivity contribution in [1.82, 2.24) is 4.98 Å².